The molecule has 0 spiro atoms. The largest absolute Gasteiger partial charge is 0.356 e. The van der Waals surface area contributed by atoms with Gasteiger partial charge in [0, 0.05) is 18.5 Å². The number of benzene rings is 2. The lowest BCUT2D eigenvalue weighted by Crippen LogP contribution is -2.15. The van der Waals surface area contributed by atoms with E-state index in [1.165, 1.54) is 0 Å². The van der Waals surface area contributed by atoms with Crippen molar-refractivity contribution in [3.05, 3.63) is 71.9 Å². The van der Waals surface area contributed by atoms with Crippen molar-refractivity contribution in [2.45, 2.75) is 13.8 Å². The van der Waals surface area contributed by atoms with Crippen LogP contribution in [0.15, 0.2) is 60.8 Å². The van der Waals surface area contributed by atoms with Crippen LogP contribution in [0.5, 0.6) is 0 Å². The van der Waals surface area contributed by atoms with Gasteiger partial charge in [0.1, 0.15) is 0 Å². The Hall–Kier alpha value is -2.88. The number of carbonyl (C=O) groups excluding carboxylic acids is 1. The summed E-state index contributed by atoms with van der Waals surface area (Å²) in [6, 6.07) is 15.9. The minimum absolute atomic E-state index is 0.124. The minimum atomic E-state index is -0.124. The van der Waals surface area contributed by atoms with Crippen LogP contribution in [-0.2, 0) is 4.79 Å². The number of amides is 1. The van der Waals surface area contributed by atoms with E-state index in [1.54, 1.807) is 19.3 Å². The second-order valence-corrected chi connectivity index (χ2v) is 4.71. The number of rotatable bonds is 3. The van der Waals surface area contributed by atoms with E-state index in [4.69, 9.17) is 0 Å². The second-order valence-electron chi connectivity index (χ2n) is 4.71. The second kappa shape index (κ2) is 7.94. The highest BCUT2D eigenvalue weighted by Gasteiger charge is 2.08. The molecule has 0 aliphatic carbocycles. The molecule has 118 valence electrons. The summed E-state index contributed by atoms with van der Waals surface area (Å²) < 4.78 is 0. The van der Waals surface area contributed by atoms with Crippen LogP contribution in [0.4, 0.5) is 0 Å². The maximum Gasteiger partial charge on any atom is 0.244 e. The van der Waals surface area contributed by atoms with Crippen LogP contribution in [0.2, 0.25) is 0 Å². The highest BCUT2D eigenvalue weighted by molar-refractivity contribution is 6.00. The van der Waals surface area contributed by atoms with E-state index in [9.17, 15) is 4.79 Å². The molecule has 0 unspecified atom stereocenters. The molecule has 0 radical (unpaired) electrons. The van der Waals surface area contributed by atoms with E-state index in [0.29, 0.717) is 0 Å². The van der Waals surface area contributed by atoms with Crippen molar-refractivity contribution >= 4 is 22.4 Å². The average molecular weight is 307 g/mol. The number of nitrogens with one attached hydrogen (secondary N) is 2. The summed E-state index contributed by atoms with van der Waals surface area (Å²) in [5.41, 5.74) is 3.85. The van der Waals surface area contributed by atoms with E-state index in [0.717, 1.165) is 27.6 Å². The Morgan fingerprint density at radius 3 is 2.52 bits per heavy atom. The van der Waals surface area contributed by atoms with Crippen molar-refractivity contribution in [2.24, 2.45) is 0 Å². The van der Waals surface area contributed by atoms with Crippen molar-refractivity contribution in [3.8, 4) is 0 Å². The Morgan fingerprint density at radius 1 is 1.09 bits per heavy atom. The molecule has 0 saturated carbocycles. The Kier molecular flexibility index (Phi) is 5.69. The molecule has 0 bridgehead atoms. The minimum Gasteiger partial charge on any atom is -0.356 e. The number of nitrogens with zero attached hydrogens (tertiary/aromatic N) is 1. The molecule has 1 amide bonds. The van der Waals surface area contributed by atoms with E-state index >= 15 is 0 Å². The molecule has 23 heavy (non-hydrogen) atoms. The Labute approximate surface area is 136 Å². The van der Waals surface area contributed by atoms with Gasteiger partial charge >= 0.3 is 0 Å². The van der Waals surface area contributed by atoms with Gasteiger partial charge in [0.15, 0.2) is 0 Å². The number of likely N-dealkylation sites (N-methyl/N-ethyl adjacent to an activating group) is 1. The fourth-order valence-corrected chi connectivity index (χ4v) is 2.26. The molecule has 1 aromatic heterocycles. The van der Waals surface area contributed by atoms with Crippen LogP contribution in [0.1, 0.15) is 25.0 Å². The molecule has 1 heterocycles. The highest BCUT2D eigenvalue weighted by atomic mass is 16.1. The fraction of sp³-hybridized carbons (Fsp3) is 0.158. The monoisotopic (exact) mass is 307 g/mol. The van der Waals surface area contributed by atoms with Crippen LogP contribution in [0.25, 0.3) is 16.5 Å². The molecule has 3 aromatic rings. The third-order valence-electron chi connectivity index (χ3n) is 3.36. The van der Waals surface area contributed by atoms with Crippen LogP contribution < -0.4 is 5.32 Å². The molecular formula is C19H21N3O. The zero-order chi connectivity index (χ0) is 16.7. The Bertz CT molecular complexity index is 804. The van der Waals surface area contributed by atoms with E-state index in [2.05, 4.69) is 15.5 Å². The molecule has 4 heteroatoms. The third kappa shape index (κ3) is 3.86. The van der Waals surface area contributed by atoms with Crippen LogP contribution in [0.3, 0.4) is 0 Å². The van der Waals surface area contributed by atoms with Crippen LogP contribution in [0, 0.1) is 0 Å². The summed E-state index contributed by atoms with van der Waals surface area (Å²) in [5, 5.41) is 10.6. The molecule has 2 aromatic carbocycles. The molecule has 0 aliphatic rings. The predicted octanol–water partition coefficient (Wildman–Crippen LogP) is 3.77. The quantitative estimate of drug-likeness (QED) is 0.724. The summed E-state index contributed by atoms with van der Waals surface area (Å²) in [4.78, 5) is 11.8. The van der Waals surface area contributed by atoms with Crippen molar-refractivity contribution < 1.29 is 4.79 Å². The standard InChI is InChI=1S/C17H15N3O.C2H6/c1-18-17(21)10-15(12-5-3-2-4-6-12)13-7-8-16-14(9-13)11-19-20-16;1-2/h2-11H,1H3,(H,18,21)(H,19,20);1-2H3/b15-10-;. The summed E-state index contributed by atoms with van der Waals surface area (Å²) >= 11 is 0. The van der Waals surface area contributed by atoms with Gasteiger partial charge in [-0.1, -0.05) is 50.2 Å². The number of aromatic amines is 1. The highest BCUT2D eigenvalue weighted by Crippen LogP contribution is 2.25. The van der Waals surface area contributed by atoms with Crippen molar-refractivity contribution in [1.29, 1.82) is 0 Å². The van der Waals surface area contributed by atoms with Crippen molar-refractivity contribution in [3.63, 3.8) is 0 Å². The average Bonchev–Trinajstić information content (AvgIpc) is 3.09. The van der Waals surface area contributed by atoms with Gasteiger partial charge in [-0.05, 0) is 28.8 Å². The SMILES string of the molecule is CC.CNC(=O)/C=C(/c1ccccc1)c1ccc2[nH]ncc2c1. The smallest absolute Gasteiger partial charge is 0.244 e. The lowest BCUT2D eigenvalue weighted by atomic mass is 9.96. The van der Waals surface area contributed by atoms with Crippen LogP contribution >= 0.6 is 0 Å². The molecule has 0 saturated heterocycles. The zero-order valence-electron chi connectivity index (χ0n) is 13.6. The molecular weight excluding hydrogens is 286 g/mol. The molecule has 3 rings (SSSR count). The first-order valence-electron chi connectivity index (χ1n) is 7.70. The van der Waals surface area contributed by atoms with Gasteiger partial charge in [0.25, 0.3) is 0 Å². The first-order valence-corrected chi connectivity index (χ1v) is 7.70. The molecule has 0 atom stereocenters. The fourth-order valence-electron chi connectivity index (χ4n) is 2.26. The summed E-state index contributed by atoms with van der Waals surface area (Å²) in [7, 11) is 1.63. The number of hydrogen-bond donors (Lipinski definition) is 2. The zero-order valence-corrected chi connectivity index (χ0v) is 13.6. The van der Waals surface area contributed by atoms with Crippen molar-refractivity contribution in [1.82, 2.24) is 15.5 Å². The number of carbonyl (C=O) groups is 1. The van der Waals surface area contributed by atoms with E-state index in [1.807, 2.05) is 62.4 Å². The number of aromatic nitrogens is 2. The van der Waals surface area contributed by atoms with Gasteiger partial charge in [-0.15, -0.1) is 0 Å². The Balaban J connectivity index is 0.000000924. The number of hydrogen-bond acceptors (Lipinski definition) is 2. The van der Waals surface area contributed by atoms with E-state index in [-0.39, 0.29) is 5.91 Å². The lowest BCUT2D eigenvalue weighted by Gasteiger charge is -2.08. The predicted molar refractivity (Wildman–Crippen MR) is 95.0 cm³/mol. The normalized spacial score (nSPS) is 10.8. The topological polar surface area (TPSA) is 57.8 Å². The lowest BCUT2D eigenvalue weighted by molar-refractivity contribution is -0.116. The first-order chi connectivity index (χ1) is 11.3. The summed E-state index contributed by atoms with van der Waals surface area (Å²) in [6.07, 6.45) is 3.40. The van der Waals surface area contributed by atoms with Crippen molar-refractivity contribution in [2.75, 3.05) is 7.05 Å². The molecule has 2 N–H and O–H groups in total. The molecule has 0 fully saturated rings. The summed E-state index contributed by atoms with van der Waals surface area (Å²) in [5.74, 6) is -0.124. The van der Waals surface area contributed by atoms with Gasteiger partial charge in [0.2, 0.25) is 5.91 Å². The van der Waals surface area contributed by atoms with E-state index < -0.39 is 0 Å². The molecule has 0 aliphatic heterocycles. The van der Waals surface area contributed by atoms with Crippen LogP contribution in [-0.4, -0.2) is 23.2 Å². The first kappa shape index (κ1) is 16.5. The van der Waals surface area contributed by atoms with Gasteiger partial charge in [-0.2, -0.15) is 5.10 Å². The molecule has 4 nitrogen and oxygen atoms in total. The maximum atomic E-state index is 11.8. The number of fused-ring (bicyclic) bond motifs is 1. The summed E-state index contributed by atoms with van der Waals surface area (Å²) in [6.45, 7) is 4.00. The van der Waals surface area contributed by atoms with Gasteiger partial charge in [0.05, 0.1) is 11.7 Å². The maximum absolute atomic E-state index is 11.8. The Morgan fingerprint density at radius 2 is 1.83 bits per heavy atom. The van der Waals surface area contributed by atoms with Gasteiger partial charge < -0.3 is 5.32 Å². The number of H-pyrrole nitrogens is 1. The third-order valence-corrected chi connectivity index (χ3v) is 3.36. The van der Waals surface area contributed by atoms with Gasteiger partial charge in [-0.3, -0.25) is 9.89 Å². The van der Waals surface area contributed by atoms with Gasteiger partial charge in [-0.25, -0.2) is 0 Å².